The highest BCUT2D eigenvalue weighted by Crippen LogP contribution is 2.53. The van der Waals surface area contributed by atoms with E-state index < -0.39 is 0 Å². The maximum atomic E-state index is 2.40. The second-order valence-corrected chi connectivity index (χ2v) is 16.1. The molecule has 0 saturated carbocycles. The minimum absolute atomic E-state index is 0.493. The van der Waals surface area contributed by atoms with Gasteiger partial charge in [-0.05, 0) is 94.8 Å². The normalized spacial score (nSPS) is 15.8. The minimum Gasteiger partial charge on any atom is -0.309 e. The molecular weight excluding hydrogens is 685 g/mol. The Morgan fingerprint density at radius 1 is 0.345 bits per heavy atom. The maximum absolute atomic E-state index is 2.40. The SMILES string of the molecule is c1ccc(-n2c3ccccc3c3c(-c4ccc(C5CCC(c6ccc(-c7cccc8c7c7ccccc7n8-c7ccccc7)cc6)S5)cc4)cccc32)cc1. The lowest BCUT2D eigenvalue weighted by atomic mass is 9.96. The fourth-order valence-corrected chi connectivity index (χ4v) is 10.7. The molecule has 3 heterocycles. The fourth-order valence-electron chi connectivity index (χ4n) is 9.11. The summed E-state index contributed by atoms with van der Waals surface area (Å²) < 4.78 is 4.80. The van der Waals surface area contributed by atoms with Gasteiger partial charge in [0.1, 0.15) is 0 Å². The number of hydrogen-bond donors (Lipinski definition) is 0. The first-order valence-corrected chi connectivity index (χ1v) is 20.3. The number of nitrogens with zero attached hydrogens (tertiary/aromatic N) is 2. The van der Waals surface area contributed by atoms with Crippen LogP contribution >= 0.6 is 11.8 Å². The van der Waals surface area contributed by atoms with Gasteiger partial charge in [0.2, 0.25) is 0 Å². The third-order valence-electron chi connectivity index (χ3n) is 11.6. The van der Waals surface area contributed by atoms with Gasteiger partial charge in [0.25, 0.3) is 0 Å². The average Bonchev–Trinajstić information content (AvgIpc) is 3.98. The van der Waals surface area contributed by atoms with Gasteiger partial charge in [-0.25, -0.2) is 0 Å². The molecule has 1 aliphatic heterocycles. The van der Waals surface area contributed by atoms with Crippen LogP contribution < -0.4 is 0 Å². The summed E-state index contributed by atoms with van der Waals surface area (Å²) in [4.78, 5) is 0. The molecule has 0 amide bonds. The second kappa shape index (κ2) is 13.2. The Labute approximate surface area is 325 Å². The molecule has 0 N–H and O–H groups in total. The molecule has 55 heavy (non-hydrogen) atoms. The molecular formula is C52H38N2S. The van der Waals surface area contributed by atoms with Gasteiger partial charge in [0.05, 0.1) is 22.1 Å². The summed E-state index contributed by atoms with van der Waals surface area (Å²) >= 11 is 2.12. The van der Waals surface area contributed by atoms with E-state index in [2.05, 4.69) is 215 Å². The molecule has 1 fully saturated rings. The summed E-state index contributed by atoms with van der Waals surface area (Å²) in [5.74, 6) is 0. The van der Waals surface area contributed by atoms with Crippen molar-refractivity contribution in [3.63, 3.8) is 0 Å². The van der Waals surface area contributed by atoms with Crippen LogP contribution in [0.4, 0.5) is 0 Å². The average molecular weight is 723 g/mol. The van der Waals surface area contributed by atoms with Crippen LogP contribution in [0.2, 0.25) is 0 Å². The van der Waals surface area contributed by atoms with E-state index in [0.717, 1.165) is 0 Å². The molecule has 2 nitrogen and oxygen atoms in total. The number of hydrogen-bond acceptors (Lipinski definition) is 1. The molecule has 2 atom stereocenters. The summed E-state index contributed by atoms with van der Waals surface area (Å²) in [6.07, 6.45) is 2.38. The first-order chi connectivity index (χ1) is 27.3. The molecule has 1 aliphatic rings. The number of para-hydroxylation sites is 4. The predicted octanol–water partition coefficient (Wildman–Crippen LogP) is 14.5. The van der Waals surface area contributed by atoms with Gasteiger partial charge in [0.15, 0.2) is 0 Å². The molecule has 10 aromatic rings. The highest BCUT2D eigenvalue weighted by atomic mass is 32.2. The van der Waals surface area contributed by atoms with Crippen LogP contribution in [0.3, 0.4) is 0 Å². The largest absolute Gasteiger partial charge is 0.309 e. The van der Waals surface area contributed by atoms with Crippen molar-refractivity contribution < 1.29 is 0 Å². The van der Waals surface area contributed by atoms with Crippen LogP contribution in [-0.2, 0) is 0 Å². The zero-order valence-corrected chi connectivity index (χ0v) is 31.2. The van der Waals surface area contributed by atoms with Gasteiger partial charge in [-0.2, -0.15) is 0 Å². The van der Waals surface area contributed by atoms with E-state index in [1.54, 1.807) is 0 Å². The van der Waals surface area contributed by atoms with Gasteiger partial charge in [-0.3, -0.25) is 0 Å². The van der Waals surface area contributed by atoms with Crippen molar-refractivity contribution >= 4 is 55.4 Å². The van der Waals surface area contributed by atoms with Crippen LogP contribution in [0.25, 0.3) is 77.2 Å². The van der Waals surface area contributed by atoms with Crippen molar-refractivity contribution in [3.8, 4) is 33.6 Å². The Hall–Kier alpha value is -6.29. The lowest BCUT2D eigenvalue weighted by Gasteiger charge is -2.14. The first kappa shape index (κ1) is 32.2. The van der Waals surface area contributed by atoms with E-state index in [4.69, 9.17) is 0 Å². The van der Waals surface area contributed by atoms with Crippen LogP contribution in [0.15, 0.2) is 194 Å². The van der Waals surface area contributed by atoms with E-state index in [1.807, 2.05) is 0 Å². The highest BCUT2D eigenvalue weighted by Gasteiger charge is 2.28. The lowest BCUT2D eigenvalue weighted by molar-refractivity contribution is 0.765. The zero-order chi connectivity index (χ0) is 36.3. The van der Waals surface area contributed by atoms with Gasteiger partial charge >= 0.3 is 0 Å². The Morgan fingerprint density at radius 2 is 0.727 bits per heavy atom. The summed E-state index contributed by atoms with van der Waals surface area (Å²) in [5, 5.41) is 6.19. The van der Waals surface area contributed by atoms with Crippen molar-refractivity contribution in [1.82, 2.24) is 9.13 Å². The summed E-state index contributed by atoms with van der Waals surface area (Å²) in [7, 11) is 0. The number of fused-ring (bicyclic) bond motifs is 6. The molecule has 3 heteroatoms. The van der Waals surface area contributed by atoms with E-state index in [1.165, 1.54) is 101 Å². The van der Waals surface area contributed by atoms with Crippen molar-refractivity contribution in [2.75, 3.05) is 0 Å². The van der Waals surface area contributed by atoms with Crippen LogP contribution in [0.1, 0.15) is 34.5 Å². The lowest BCUT2D eigenvalue weighted by Crippen LogP contribution is -1.93. The van der Waals surface area contributed by atoms with Crippen molar-refractivity contribution in [3.05, 3.63) is 205 Å². The molecule has 1 saturated heterocycles. The van der Waals surface area contributed by atoms with Crippen molar-refractivity contribution in [2.45, 2.75) is 23.3 Å². The zero-order valence-electron chi connectivity index (χ0n) is 30.3. The summed E-state index contributed by atoms with van der Waals surface area (Å²) in [6.45, 7) is 0. The third-order valence-corrected chi connectivity index (χ3v) is 13.3. The Balaban J connectivity index is 0.871. The third kappa shape index (κ3) is 5.33. The number of rotatable bonds is 6. The summed E-state index contributed by atoms with van der Waals surface area (Å²) in [6, 6.07) is 71.4. The van der Waals surface area contributed by atoms with Gasteiger partial charge < -0.3 is 9.13 Å². The molecule has 0 bridgehead atoms. The van der Waals surface area contributed by atoms with E-state index in [9.17, 15) is 0 Å². The van der Waals surface area contributed by atoms with E-state index in [-0.39, 0.29) is 0 Å². The van der Waals surface area contributed by atoms with Crippen molar-refractivity contribution in [2.24, 2.45) is 0 Å². The highest BCUT2D eigenvalue weighted by molar-refractivity contribution is 8.00. The molecule has 0 radical (unpaired) electrons. The molecule has 262 valence electrons. The maximum Gasteiger partial charge on any atom is 0.0547 e. The molecule has 2 unspecified atom stereocenters. The Kier molecular flexibility index (Phi) is 7.74. The summed E-state index contributed by atoms with van der Waals surface area (Å²) in [5.41, 5.74) is 15.3. The molecule has 2 aromatic heterocycles. The second-order valence-electron chi connectivity index (χ2n) is 14.7. The Morgan fingerprint density at radius 3 is 1.16 bits per heavy atom. The van der Waals surface area contributed by atoms with Crippen LogP contribution in [-0.4, -0.2) is 9.13 Å². The predicted molar refractivity (Wildman–Crippen MR) is 235 cm³/mol. The first-order valence-electron chi connectivity index (χ1n) is 19.3. The minimum atomic E-state index is 0.493. The fraction of sp³-hybridized carbons (Fsp3) is 0.0769. The molecule has 8 aromatic carbocycles. The van der Waals surface area contributed by atoms with Gasteiger partial charge in [0, 0.05) is 43.4 Å². The van der Waals surface area contributed by atoms with Crippen LogP contribution in [0, 0.1) is 0 Å². The molecule has 0 spiro atoms. The molecule has 0 aliphatic carbocycles. The quantitative estimate of drug-likeness (QED) is 0.166. The van der Waals surface area contributed by atoms with Crippen LogP contribution in [0.5, 0.6) is 0 Å². The number of benzene rings is 8. The Bertz CT molecular complexity index is 2790. The standard InChI is InChI=1S/C52H38N2S/c1-3-13-39(14-4-1)53-45-21-9-7-17-43(45)51-41(19-11-23-47(51)53)35-25-29-37(30-26-35)49-33-34-50(55-49)38-31-27-36(28-32-38)42-20-12-24-48-52(42)44-18-8-10-22-46(44)54(48)40-15-5-2-6-16-40/h1-32,49-50H,33-34H2. The molecule has 11 rings (SSSR count). The van der Waals surface area contributed by atoms with E-state index >= 15 is 0 Å². The van der Waals surface area contributed by atoms with Gasteiger partial charge in [-0.1, -0.05) is 146 Å². The van der Waals surface area contributed by atoms with Crippen molar-refractivity contribution in [1.29, 1.82) is 0 Å². The van der Waals surface area contributed by atoms with E-state index in [0.29, 0.717) is 10.5 Å². The smallest absolute Gasteiger partial charge is 0.0547 e. The monoisotopic (exact) mass is 722 g/mol. The topological polar surface area (TPSA) is 9.86 Å². The van der Waals surface area contributed by atoms with Gasteiger partial charge in [-0.15, -0.1) is 11.8 Å². The number of aromatic nitrogens is 2. The number of thioether (sulfide) groups is 1.